The number of thioether (sulfide) groups is 1. The Labute approximate surface area is 116 Å². The van der Waals surface area contributed by atoms with Crippen molar-refractivity contribution >= 4 is 28.7 Å². The maximum absolute atomic E-state index is 11.2. The fourth-order valence-corrected chi connectivity index (χ4v) is 3.05. The van der Waals surface area contributed by atoms with Crippen molar-refractivity contribution in [2.45, 2.75) is 36.2 Å². The van der Waals surface area contributed by atoms with E-state index in [1.165, 1.54) is 0 Å². The number of imidazole rings is 1. The molecule has 2 atom stereocenters. The van der Waals surface area contributed by atoms with Crippen LogP contribution >= 0.6 is 11.8 Å². The summed E-state index contributed by atoms with van der Waals surface area (Å²) in [5.74, 6) is -0.482. The highest BCUT2D eigenvalue weighted by Crippen LogP contribution is 2.27. The minimum atomic E-state index is -0.988. The zero-order valence-electron chi connectivity index (χ0n) is 11.0. The van der Waals surface area contributed by atoms with E-state index in [1.54, 1.807) is 18.7 Å². The van der Waals surface area contributed by atoms with E-state index >= 15 is 0 Å². The number of aromatic amines is 1. The van der Waals surface area contributed by atoms with Crippen molar-refractivity contribution in [1.82, 2.24) is 9.97 Å². The van der Waals surface area contributed by atoms with Crippen molar-refractivity contribution in [3.8, 4) is 0 Å². The van der Waals surface area contributed by atoms with Crippen molar-refractivity contribution in [1.29, 1.82) is 0 Å². The second-order valence-electron chi connectivity index (χ2n) is 4.97. The Morgan fingerprint density at radius 1 is 1.53 bits per heavy atom. The summed E-state index contributed by atoms with van der Waals surface area (Å²) in [6.07, 6.45) is 0.504. The molecule has 0 radical (unpaired) electrons. The molecule has 19 heavy (non-hydrogen) atoms. The minimum Gasteiger partial charge on any atom is -0.368 e. The van der Waals surface area contributed by atoms with Gasteiger partial charge in [0.2, 0.25) is 5.91 Å². The zero-order valence-corrected chi connectivity index (χ0v) is 11.8. The molecule has 1 amide bonds. The number of nitrogens with two attached hydrogens (primary N) is 2. The van der Waals surface area contributed by atoms with E-state index in [-0.39, 0.29) is 5.25 Å². The molecule has 0 bridgehead atoms. The second-order valence-corrected chi connectivity index (χ2v) is 6.40. The molecule has 1 heterocycles. The summed E-state index contributed by atoms with van der Waals surface area (Å²) in [4.78, 5) is 18.9. The summed E-state index contributed by atoms with van der Waals surface area (Å²) in [6.45, 7) is 3.66. The van der Waals surface area contributed by atoms with Gasteiger partial charge in [-0.1, -0.05) is 30.8 Å². The van der Waals surface area contributed by atoms with Crippen molar-refractivity contribution in [3.05, 3.63) is 24.3 Å². The van der Waals surface area contributed by atoms with Gasteiger partial charge in [0.1, 0.15) is 0 Å². The Morgan fingerprint density at radius 2 is 2.21 bits per heavy atom. The van der Waals surface area contributed by atoms with Crippen molar-refractivity contribution in [3.63, 3.8) is 0 Å². The van der Waals surface area contributed by atoms with Gasteiger partial charge in [-0.25, -0.2) is 4.98 Å². The molecule has 5 N–H and O–H groups in total. The first-order valence-electron chi connectivity index (χ1n) is 6.09. The van der Waals surface area contributed by atoms with Crippen LogP contribution in [0.3, 0.4) is 0 Å². The zero-order chi connectivity index (χ0) is 14.0. The van der Waals surface area contributed by atoms with Gasteiger partial charge in [0.25, 0.3) is 0 Å². The number of para-hydroxylation sites is 2. The molecule has 2 rings (SSSR count). The van der Waals surface area contributed by atoms with Gasteiger partial charge in [0.15, 0.2) is 5.16 Å². The van der Waals surface area contributed by atoms with Crippen LogP contribution in [0.25, 0.3) is 11.0 Å². The summed E-state index contributed by atoms with van der Waals surface area (Å²) in [5, 5.41) is 0.969. The Morgan fingerprint density at radius 3 is 2.84 bits per heavy atom. The lowest BCUT2D eigenvalue weighted by Gasteiger charge is -2.23. The fraction of sp³-hybridized carbons (Fsp3) is 0.385. The van der Waals surface area contributed by atoms with Crippen LogP contribution in [0, 0.1) is 0 Å². The van der Waals surface area contributed by atoms with Crippen LogP contribution in [-0.4, -0.2) is 26.7 Å². The first-order chi connectivity index (χ1) is 8.88. The van der Waals surface area contributed by atoms with Crippen LogP contribution in [0.4, 0.5) is 0 Å². The molecular weight excluding hydrogens is 260 g/mol. The Kier molecular flexibility index (Phi) is 3.82. The summed E-state index contributed by atoms with van der Waals surface area (Å²) in [5.41, 5.74) is 12.1. The number of amides is 1. The predicted octanol–water partition coefficient (Wildman–Crippen LogP) is 1.64. The number of hydrogen-bond donors (Lipinski definition) is 3. The maximum atomic E-state index is 11.2. The normalized spacial score (nSPS) is 16.2. The van der Waals surface area contributed by atoms with Gasteiger partial charge < -0.3 is 16.5 Å². The fourth-order valence-electron chi connectivity index (χ4n) is 1.92. The van der Waals surface area contributed by atoms with E-state index < -0.39 is 11.4 Å². The molecule has 0 saturated carbocycles. The first kappa shape index (κ1) is 13.9. The number of nitrogens with zero attached hydrogens (tertiary/aromatic N) is 1. The van der Waals surface area contributed by atoms with Gasteiger partial charge in [-0.15, -0.1) is 0 Å². The third-order valence-electron chi connectivity index (χ3n) is 2.95. The number of nitrogens with one attached hydrogen (secondary N) is 1. The molecule has 2 aromatic rings. The molecular formula is C13H18N4OS. The SMILES string of the molecule is CC(CC(C)(N)C(N)=O)Sc1nc2ccccc2[nH]1. The van der Waals surface area contributed by atoms with Gasteiger partial charge in [-0.05, 0) is 25.5 Å². The number of H-pyrrole nitrogens is 1. The number of hydrogen-bond acceptors (Lipinski definition) is 4. The van der Waals surface area contributed by atoms with Crippen molar-refractivity contribution in [2.24, 2.45) is 11.5 Å². The lowest BCUT2D eigenvalue weighted by atomic mass is 9.97. The van der Waals surface area contributed by atoms with Crippen LogP contribution in [0.15, 0.2) is 29.4 Å². The number of benzene rings is 1. The lowest BCUT2D eigenvalue weighted by molar-refractivity contribution is -0.122. The van der Waals surface area contributed by atoms with E-state index in [9.17, 15) is 4.79 Å². The molecule has 0 spiro atoms. The van der Waals surface area contributed by atoms with Crippen LogP contribution in [0.1, 0.15) is 20.3 Å². The Bertz CT molecular complexity index is 560. The highest BCUT2D eigenvalue weighted by molar-refractivity contribution is 7.99. The average Bonchev–Trinajstić information content (AvgIpc) is 2.69. The van der Waals surface area contributed by atoms with E-state index in [0.29, 0.717) is 6.42 Å². The first-order valence-corrected chi connectivity index (χ1v) is 6.96. The molecule has 0 aliphatic carbocycles. The van der Waals surface area contributed by atoms with E-state index in [1.807, 2.05) is 31.2 Å². The van der Waals surface area contributed by atoms with Gasteiger partial charge in [0.05, 0.1) is 16.6 Å². The maximum Gasteiger partial charge on any atom is 0.237 e. The molecule has 0 aliphatic rings. The third-order valence-corrected chi connectivity index (χ3v) is 3.94. The molecule has 0 fully saturated rings. The van der Waals surface area contributed by atoms with Crippen LogP contribution in [0.5, 0.6) is 0 Å². The molecule has 2 unspecified atom stereocenters. The van der Waals surface area contributed by atoms with Crippen LogP contribution in [0.2, 0.25) is 0 Å². The molecule has 0 saturated heterocycles. The Hall–Kier alpha value is -1.53. The number of fused-ring (bicyclic) bond motifs is 1. The monoisotopic (exact) mass is 278 g/mol. The van der Waals surface area contributed by atoms with Gasteiger partial charge in [0, 0.05) is 5.25 Å². The van der Waals surface area contributed by atoms with Crippen molar-refractivity contribution < 1.29 is 4.79 Å². The largest absolute Gasteiger partial charge is 0.368 e. The number of primary amides is 1. The number of carbonyl (C=O) groups is 1. The number of rotatable bonds is 5. The lowest BCUT2D eigenvalue weighted by Crippen LogP contribution is -2.50. The second kappa shape index (κ2) is 5.22. The summed E-state index contributed by atoms with van der Waals surface area (Å²) >= 11 is 1.56. The smallest absolute Gasteiger partial charge is 0.237 e. The highest BCUT2D eigenvalue weighted by Gasteiger charge is 2.28. The number of carbonyl (C=O) groups excluding carboxylic acids is 1. The molecule has 0 aliphatic heterocycles. The molecule has 1 aromatic carbocycles. The molecule has 6 heteroatoms. The van der Waals surface area contributed by atoms with Crippen molar-refractivity contribution in [2.75, 3.05) is 0 Å². The average molecular weight is 278 g/mol. The topological polar surface area (TPSA) is 97.8 Å². The third kappa shape index (κ3) is 3.27. The highest BCUT2D eigenvalue weighted by atomic mass is 32.2. The molecule has 1 aromatic heterocycles. The number of aromatic nitrogens is 2. The van der Waals surface area contributed by atoms with Crippen LogP contribution in [-0.2, 0) is 4.79 Å². The molecule has 5 nitrogen and oxygen atoms in total. The van der Waals surface area contributed by atoms with E-state index in [4.69, 9.17) is 11.5 Å². The standard InChI is InChI=1S/C13H18N4OS/c1-8(7-13(2,15)11(14)18)19-12-16-9-5-3-4-6-10(9)17-12/h3-6,8H,7,15H2,1-2H3,(H2,14,18)(H,16,17). The van der Waals surface area contributed by atoms with Gasteiger partial charge in [-0.2, -0.15) is 0 Å². The van der Waals surface area contributed by atoms with E-state index in [2.05, 4.69) is 9.97 Å². The van der Waals surface area contributed by atoms with E-state index in [0.717, 1.165) is 16.2 Å². The Balaban J connectivity index is 2.06. The minimum absolute atomic E-state index is 0.142. The summed E-state index contributed by atoms with van der Waals surface area (Å²) < 4.78 is 0. The van der Waals surface area contributed by atoms with Gasteiger partial charge >= 0.3 is 0 Å². The molecule has 102 valence electrons. The summed E-state index contributed by atoms with van der Waals surface area (Å²) in [7, 11) is 0. The predicted molar refractivity (Wildman–Crippen MR) is 77.8 cm³/mol. The quantitative estimate of drug-likeness (QED) is 0.724. The van der Waals surface area contributed by atoms with Gasteiger partial charge in [-0.3, -0.25) is 4.79 Å². The summed E-state index contributed by atoms with van der Waals surface area (Å²) in [6, 6.07) is 7.85. The van der Waals surface area contributed by atoms with Crippen LogP contribution < -0.4 is 11.5 Å².